The normalized spacial score (nSPS) is 10.3. The van der Waals surface area contributed by atoms with Gasteiger partial charge >= 0.3 is 12.0 Å². The lowest BCUT2D eigenvalue weighted by Gasteiger charge is -2.05. The van der Waals surface area contributed by atoms with Gasteiger partial charge in [0.15, 0.2) is 0 Å². The first-order valence-electron chi connectivity index (χ1n) is 5.69. The monoisotopic (exact) mass is 263 g/mol. The van der Waals surface area contributed by atoms with Crippen LogP contribution in [0.3, 0.4) is 0 Å². The van der Waals surface area contributed by atoms with Gasteiger partial charge in [0.25, 0.3) is 0 Å². The number of aliphatic carboxylic acids is 1. The Kier molecular flexibility index (Phi) is 3.97. The second kappa shape index (κ2) is 5.85. The van der Waals surface area contributed by atoms with E-state index < -0.39 is 5.97 Å². The molecule has 0 spiro atoms. The largest absolute Gasteiger partial charge is 0.494 e. The molecule has 1 aromatic carbocycles. The first kappa shape index (κ1) is 12.9. The fourth-order valence-corrected chi connectivity index (χ4v) is 1.46. The van der Waals surface area contributed by atoms with Crippen LogP contribution in [-0.2, 0) is 4.79 Å². The maximum Gasteiger partial charge on any atom is 0.313 e. The minimum absolute atomic E-state index is 0.0176. The summed E-state index contributed by atoms with van der Waals surface area (Å²) in [6, 6.07) is 7.04. The summed E-state index contributed by atoms with van der Waals surface area (Å²) in [7, 11) is 0. The highest BCUT2D eigenvalue weighted by Crippen LogP contribution is 2.21. The molecule has 0 aliphatic rings. The number of benzene rings is 1. The molecule has 0 aliphatic heterocycles. The number of aromatic nitrogens is 2. The average Bonchev–Trinajstić information content (AvgIpc) is 2.82. The lowest BCUT2D eigenvalue weighted by Crippen LogP contribution is -2.01. The van der Waals surface area contributed by atoms with Gasteiger partial charge in [0.2, 0.25) is 5.89 Å². The van der Waals surface area contributed by atoms with Gasteiger partial charge in [-0.3, -0.25) is 4.79 Å². The molecule has 1 aromatic heterocycles. The number of hydrogen-bond donors (Lipinski definition) is 2. The molecular weight excluding hydrogens is 250 g/mol. The van der Waals surface area contributed by atoms with E-state index in [2.05, 4.69) is 10.2 Å². The average molecular weight is 263 g/mol. The van der Waals surface area contributed by atoms with E-state index in [1.165, 1.54) is 0 Å². The van der Waals surface area contributed by atoms with Crippen LogP contribution in [0.2, 0.25) is 0 Å². The van der Waals surface area contributed by atoms with Crippen molar-refractivity contribution in [1.82, 2.24) is 10.2 Å². The maximum atomic E-state index is 10.3. The van der Waals surface area contributed by atoms with Gasteiger partial charge in [-0.1, -0.05) is 5.10 Å². The van der Waals surface area contributed by atoms with Crippen molar-refractivity contribution in [1.29, 1.82) is 0 Å². The number of rotatable bonds is 6. The fourth-order valence-electron chi connectivity index (χ4n) is 1.46. The van der Waals surface area contributed by atoms with E-state index in [0.29, 0.717) is 24.7 Å². The van der Waals surface area contributed by atoms with Crippen LogP contribution < -0.4 is 10.5 Å². The molecule has 100 valence electrons. The van der Waals surface area contributed by atoms with Crippen LogP contribution in [0.15, 0.2) is 28.7 Å². The highest BCUT2D eigenvalue weighted by Gasteiger charge is 2.06. The van der Waals surface area contributed by atoms with Crippen LogP contribution in [0.1, 0.15) is 12.8 Å². The van der Waals surface area contributed by atoms with E-state index in [0.717, 1.165) is 5.56 Å². The predicted octanol–water partition coefficient (Wildman–Crippen LogP) is 1.56. The lowest BCUT2D eigenvalue weighted by molar-refractivity contribution is -0.137. The van der Waals surface area contributed by atoms with Crippen molar-refractivity contribution < 1.29 is 19.1 Å². The quantitative estimate of drug-likeness (QED) is 0.760. The highest BCUT2D eigenvalue weighted by molar-refractivity contribution is 5.66. The number of anilines is 1. The predicted molar refractivity (Wildman–Crippen MR) is 66.5 cm³/mol. The van der Waals surface area contributed by atoms with Crippen molar-refractivity contribution in [3.63, 3.8) is 0 Å². The number of hydrogen-bond acceptors (Lipinski definition) is 6. The number of nitrogens with two attached hydrogens (primary N) is 1. The second-order valence-electron chi connectivity index (χ2n) is 3.82. The Labute approximate surface area is 109 Å². The van der Waals surface area contributed by atoms with Crippen LogP contribution in [-0.4, -0.2) is 27.9 Å². The SMILES string of the molecule is Nc1nnc(-c2ccc(OCCCC(=O)O)cc2)o1. The van der Waals surface area contributed by atoms with Crippen molar-refractivity contribution in [3.05, 3.63) is 24.3 Å². The first-order chi connectivity index (χ1) is 9.15. The van der Waals surface area contributed by atoms with Crippen molar-refractivity contribution >= 4 is 12.0 Å². The summed E-state index contributed by atoms with van der Waals surface area (Å²) in [6.45, 7) is 0.360. The fraction of sp³-hybridized carbons (Fsp3) is 0.250. The number of carbonyl (C=O) groups is 1. The molecule has 1 heterocycles. The maximum absolute atomic E-state index is 10.3. The summed E-state index contributed by atoms with van der Waals surface area (Å²) in [5.41, 5.74) is 6.08. The Morgan fingerprint density at radius 3 is 2.63 bits per heavy atom. The summed E-state index contributed by atoms with van der Waals surface area (Å²) in [6.07, 6.45) is 0.566. The molecule has 0 amide bonds. The van der Waals surface area contributed by atoms with Gasteiger partial charge in [-0.15, -0.1) is 5.10 Å². The number of nitrogen functional groups attached to an aromatic ring is 1. The summed E-state index contributed by atoms with van der Waals surface area (Å²) in [5.74, 6) is 0.171. The van der Waals surface area contributed by atoms with Gasteiger partial charge in [0.05, 0.1) is 6.61 Å². The third-order valence-electron chi connectivity index (χ3n) is 2.35. The van der Waals surface area contributed by atoms with E-state index in [1.807, 2.05) is 0 Å². The van der Waals surface area contributed by atoms with Gasteiger partial charge in [0, 0.05) is 12.0 Å². The van der Waals surface area contributed by atoms with Crippen molar-refractivity contribution in [2.45, 2.75) is 12.8 Å². The van der Waals surface area contributed by atoms with Crippen molar-refractivity contribution in [2.75, 3.05) is 12.3 Å². The molecule has 7 nitrogen and oxygen atoms in total. The Morgan fingerprint density at radius 1 is 1.32 bits per heavy atom. The van der Waals surface area contributed by atoms with Gasteiger partial charge < -0.3 is 20.0 Å². The van der Waals surface area contributed by atoms with Gasteiger partial charge in [-0.25, -0.2) is 0 Å². The Balaban J connectivity index is 1.90. The molecule has 19 heavy (non-hydrogen) atoms. The molecule has 2 rings (SSSR count). The van der Waals surface area contributed by atoms with Gasteiger partial charge in [-0.2, -0.15) is 0 Å². The third-order valence-corrected chi connectivity index (χ3v) is 2.35. The van der Waals surface area contributed by atoms with Crippen LogP contribution >= 0.6 is 0 Å². The molecule has 0 fully saturated rings. The topological polar surface area (TPSA) is 111 Å². The van der Waals surface area contributed by atoms with Crippen LogP contribution in [0.25, 0.3) is 11.5 Å². The smallest absolute Gasteiger partial charge is 0.313 e. The van der Waals surface area contributed by atoms with Crippen molar-refractivity contribution in [3.8, 4) is 17.2 Å². The Morgan fingerprint density at radius 2 is 2.05 bits per heavy atom. The molecule has 7 heteroatoms. The molecule has 0 saturated heterocycles. The third kappa shape index (κ3) is 3.70. The van der Waals surface area contributed by atoms with Gasteiger partial charge in [-0.05, 0) is 30.7 Å². The van der Waals surface area contributed by atoms with Gasteiger partial charge in [0.1, 0.15) is 5.75 Å². The first-order valence-corrected chi connectivity index (χ1v) is 5.69. The molecule has 0 radical (unpaired) electrons. The number of carboxylic acids is 1. The minimum Gasteiger partial charge on any atom is -0.494 e. The van der Waals surface area contributed by atoms with E-state index in [4.69, 9.17) is 20.0 Å². The number of nitrogens with zero attached hydrogens (tertiary/aromatic N) is 2. The lowest BCUT2D eigenvalue weighted by atomic mass is 10.2. The molecule has 0 bridgehead atoms. The molecule has 3 N–H and O–H groups in total. The Hall–Kier alpha value is -2.57. The summed E-state index contributed by atoms with van der Waals surface area (Å²) in [4.78, 5) is 10.3. The molecule has 0 unspecified atom stereocenters. The van der Waals surface area contributed by atoms with Crippen molar-refractivity contribution in [2.24, 2.45) is 0 Å². The van der Waals surface area contributed by atoms with Crippen LogP contribution in [0.4, 0.5) is 6.01 Å². The number of ether oxygens (including phenoxy) is 1. The second-order valence-corrected chi connectivity index (χ2v) is 3.82. The van der Waals surface area contributed by atoms with E-state index in [1.54, 1.807) is 24.3 Å². The summed E-state index contributed by atoms with van der Waals surface area (Å²) < 4.78 is 10.5. The van der Waals surface area contributed by atoms with E-state index in [9.17, 15) is 4.79 Å². The Bertz CT molecular complexity index is 550. The molecule has 2 aromatic rings. The molecule has 0 saturated carbocycles. The minimum atomic E-state index is -0.826. The van der Waals surface area contributed by atoms with Crippen LogP contribution in [0, 0.1) is 0 Å². The zero-order valence-electron chi connectivity index (χ0n) is 10.1. The standard InChI is InChI=1S/C12H13N3O4/c13-12-15-14-11(19-12)8-3-5-9(6-4-8)18-7-1-2-10(16)17/h3-6H,1-2,7H2,(H2,13,15)(H,16,17). The van der Waals surface area contributed by atoms with Crippen LogP contribution in [0.5, 0.6) is 5.75 Å². The highest BCUT2D eigenvalue weighted by atomic mass is 16.5. The molecule has 0 aliphatic carbocycles. The summed E-state index contributed by atoms with van der Waals surface area (Å²) in [5, 5.41) is 15.8. The summed E-state index contributed by atoms with van der Waals surface area (Å²) >= 11 is 0. The van der Waals surface area contributed by atoms with E-state index in [-0.39, 0.29) is 12.4 Å². The molecule has 0 atom stereocenters. The zero-order chi connectivity index (χ0) is 13.7. The molecular formula is C12H13N3O4. The zero-order valence-corrected chi connectivity index (χ0v) is 10.1. The number of carboxylic acid groups (broad SMARTS) is 1. The van der Waals surface area contributed by atoms with E-state index >= 15 is 0 Å².